The Bertz CT molecular complexity index is 450. The Balaban J connectivity index is 2.16. The molecule has 0 aromatic heterocycles. The molecule has 1 aromatic rings. The third-order valence-electron chi connectivity index (χ3n) is 4.56. The van der Waals surface area contributed by atoms with Gasteiger partial charge in [-0.2, -0.15) is 0 Å². The normalized spacial score (nSPS) is 16.8. The van der Waals surface area contributed by atoms with Crippen molar-refractivity contribution in [2.24, 2.45) is 0 Å². The fraction of sp³-hybridized carbons (Fsp3) is 0.588. The third kappa shape index (κ3) is 2.89. The van der Waals surface area contributed by atoms with Gasteiger partial charge in [0, 0.05) is 6.42 Å². The number of aryl methyl sites for hydroxylation is 2. The van der Waals surface area contributed by atoms with Crippen molar-refractivity contribution in [1.29, 1.82) is 0 Å². The predicted octanol–water partition coefficient (Wildman–Crippen LogP) is 3.29. The zero-order valence-corrected chi connectivity index (χ0v) is 12.6. The molecule has 1 fully saturated rings. The summed E-state index contributed by atoms with van der Waals surface area (Å²) in [5.74, 6) is 0.340. The molecule has 1 aromatic carbocycles. The second kappa shape index (κ2) is 5.46. The first kappa shape index (κ1) is 14.3. The molecular formula is C17H25NO. The third-order valence-corrected chi connectivity index (χ3v) is 4.56. The molecule has 0 amide bonds. The minimum absolute atomic E-state index is 0.328. The Hall–Kier alpha value is -1.15. The number of hydrogen-bond acceptors (Lipinski definition) is 2. The van der Waals surface area contributed by atoms with Crippen molar-refractivity contribution in [3.05, 3.63) is 34.9 Å². The summed E-state index contributed by atoms with van der Waals surface area (Å²) >= 11 is 0. The number of likely N-dealkylation sites (tertiary alicyclic amines) is 1. The molecular weight excluding hydrogens is 234 g/mol. The molecule has 0 aliphatic carbocycles. The Morgan fingerprint density at radius 1 is 1.16 bits per heavy atom. The molecule has 0 unspecified atom stereocenters. The number of Topliss-reactive ketones (excluding diaryl/α,β-unsaturated/α-hetero) is 1. The molecule has 2 rings (SSSR count). The minimum atomic E-state index is -0.328. The van der Waals surface area contributed by atoms with Crippen LogP contribution in [0.4, 0.5) is 0 Å². The van der Waals surface area contributed by atoms with Crippen LogP contribution in [-0.2, 0) is 11.2 Å². The van der Waals surface area contributed by atoms with Crippen LogP contribution in [0.1, 0.15) is 43.4 Å². The molecule has 2 nitrogen and oxygen atoms in total. The zero-order chi connectivity index (χ0) is 14.0. The van der Waals surface area contributed by atoms with E-state index in [0.29, 0.717) is 12.2 Å². The largest absolute Gasteiger partial charge is 0.297 e. The predicted molar refractivity (Wildman–Crippen MR) is 79.5 cm³/mol. The Morgan fingerprint density at radius 3 is 2.21 bits per heavy atom. The van der Waals surface area contributed by atoms with Crippen LogP contribution < -0.4 is 0 Å². The summed E-state index contributed by atoms with van der Waals surface area (Å²) in [5, 5.41) is 0. The van der Waals surface area contributed by atoms with Crippen molar-refractivity contribution in [2.75, 3.05) is 13.1 Å². The lowest BCUT2D eigenvalue weighted by atomic mass is 9.89. The van der Waals surface area contributed by atoms with Crippen LogP contribution in [0.15, 0.2) is 18.2 Å². The quantitative estimate of drug-likeness (QED) is 0.827. The number of nitrogens with zero attached hydrogens (tertiary/aromatic N) is 1. The van der Waals surface area contributed by atoms with Gasteiger partial charge in [-0.05, 0) is 70.3 Å². The monoisotopic (exact) mass is 259 g/mol. The molecule has 0 radical (unpaired) electrons. The summed E-state index contributed by atoms with van der Waals surface area (Å²) in [7, 11) is 0. The van der Waals surface area contributed by atoms with Crippen molar-refractivity contribution in [2.45, 2.75) is 52.5 Å². The average molecular weight is 259 g/mol. The van der Waals surface area contributed by atoms with Gasteiger partial charge >= 0.3 is 0 Å². The van der Waals surface area contributed by atoms with E-state index in [1.165, 1.54) is 29.5 Å². The Labute approximate surface area is 116 Å². The molecule has 1 aliphatic rings. The van der Waals surface area contributed by atoms with Crippen LogP contribution in [-0.4, -0.2) is 29.3 Å². The average Bonchev–Trinajstić information content (AvgIpc) is 2.88. The van der Waals surface area contributed by atoms with Gasteiger partial charge in [-0.1, -0.05) is 18.2 Å². The topological polar surface area (TPSA) is 20.3 Å². The minimum Gasteiger partial charge on any atom is -0.297 e. The number of carbonyl (C=O) groups excluding carboxylic acids is 1. The number of ketones is 1. The highest BCUT2D eigenvalue weighted by Gasteiger charge is 2.35. The van der Waals surface area contributed by atoms with Crippen molar-refractivity contribution in [1.82, 2.24) is 4.90 Å². The summed E-state index contributed by atoms with van der Waals surface area (Å²) in [6.45, 7) is 10.5. The van der Waals surface area contributed by atoms with Gasteiger partial charge < -0.3 is 0 Å². The van der Waals surface area contributed by atoms with Crippen molar-refractivity contribution >= 4 is 5.78 Å². The SMILES string of the molecule is Cc1cccc(C)c1CC(=O)C(C)(C)N1CCCC1. The van der Waals surface area contributed by atoms with Crippen LogP contribution in [0, 0.1) is 13.8 Å². The molecule has 19 heavy (non-hydrogen) atoms. The second-order valence-electron chi connectivity index (χ2n) is 6.22. The number of benzene rings is 1. The molecule has 2 heteroatoms. The molecule has 0 bridgehead atoms. The van der Waals surface area contributed by atoms with Crippen molar-refractivity contribution < 1.29 is 4.79 Å². The maximum atomic E-state index is 12.7. The van der Waals surface area contributed by atoms with Crippen LogP contribution in [0.3, 0.4) is 0 Å². The maximum Gasteiger partial charge on any atom is 0.156 e. The first-order valence-corrected chi connectivity index (χ1v) is 7.26. The van der Waals surface area contributed by atoms with E-state index in [4.69, 9.17) is 0 Å². The van der Waals surface area contributed by atoms with Gasteiger partial charge in [0.15, 0.2) is 5.78 Å². The van der Waals surface area contributed by atoms with Gasteiger partial charge in [0.25, 0.3) is 0 Å². The summed E-state index contributed by atoms with van der Waals surface area (Å²) in [6.07, 6.45) is 3.00. The van der Waals surface area contributed by atoms with Gasteiger partial charge in [-0.25, -0.2) is 0 Å². The first-order valence-electron chi connectivity index (χ1n) is 7.26. The van der Waals surface area contributed by atoms with Crippen LogP contribution in [0.2, 0.25) is 0 Å². The van der Waals surface area contributed by atoms with Gasteiger partial charge in [0.2, 0.25) is 0 Å². The van der Waals surface area contributed by atoms with Gasteiger partial charge in [-0.3, -0.25) is 9.69 Å². The zero-order valence-electron chi connectivity index (χ0n) is 12.6. The number of hydrogen-bond donors (Lipinski definition) is 0. The van der Waals surface area contributed by atoms with E-state index in [2.05, 4.69) is 50.8 Å². The maximum absolute atomic E-state index is 12.7. The highest BCUT2D eigenvalue weighted by atomic mass is 16.1. The summed E-state index contributed by atoms with van der Waals surface area (Å²) in [4.78, 5) is 15.0. The summed E-state index contributed by atoms with van der Waals surface area (Å²) in [5.41, 5.74) is 3.33. The lowest BCUT2D eigenvalue weighted by molar-refractivity contribution is -0.128. The molecule has 104 valence electrons. The van der Waals surface area contributed by atoms with E-state index in [1.807, 2.05) is 0 Å². The smallest absolute Gasteiger partial charge is 0.156 e. The van der Waals surface area contributed by atoms with E-state index in [9.17, 15) is 4.79 Å². The van der Waals surface area contributed by atoms with Crippen molar-refractivity contribution in [3.8, 4) is 0 Å². The van der Waals surface area contributed by atoms with Crippen LogP contribution in [0.25, 0.3) is 0 Å². The van der Waals surface area contributed by atoms with Crippen molar-refractivity contribution in [3.63, 3.8) is 0 Å². The van der Waals surface area contributed by atoms with E-state index >= 15 is 0 Å². The molecule has 0 spiro atoms. The fourth-order valence-electron chi connectivity index (χ4n) is 2.96. The van der Waals surface area contributed by atoms with E-state index in [-0.39, 0.29) is 5.54 Å². The molecule has 0 atom stereocenters. The van der Waals surface area contributed by atoms with E-state index in [1.54, 1.807) is 0 Å². The lowest BCUT2D eigenvalue weighted by Gasteiger charge is -2.34. The van der Waals surface area contributed by atoms with E-state index < -0.39 is 0 Å². The Morgan fingerprint density at radius 2 is 1.68 bits per heavy atom. The standard InChI is InChI=1S/C17H25NO/c1-13-8-7-9-14(2)15(13)12-16(19)17(3,4)18-10-5-6-11-18/h7-9H,5-6,10-12H2,1-4H3. The molecule has 1 aliphatic heterocycles. The highest BCUT2D eigenvalue weighted by Crippen LogP contribution is 2.25. The molecule has 1 saturated heterocycles. The lowest BCUT2D eigenvalue weighted by Crippen LogP contribution is -2.49. The first-order chi connectivity index (χ1) is 8.93. The van der Waals surface area contributed by atoms with E-state index in [0.717, 1.165) is 13.1 Å². The van der Waals surface area contributed by atoms with Crippen LogP contribution >= 0.6 is 0 Å². The summed E-state index contributed by atoms with van der Waals surface area (Å²) < 4.78 is 0. The molecule has 1 heterocycles. The van der Waals surface area contributed by atoms with Gasteiger partial charge in [0.05, 0.1) is 5.54 Å². The molecule has 0 saturated carbocycles. The summed E-state index contributed by atoms with van der Waals surface area (Å²) in [6, 6.07) is 6.25. The highest BCUT2D eigenvalue weighted by molar-refractivity contribution is 5.90. The number of rotatable bonds is 4. The second-order valence-corrected chi connectivity index (χ2v) is 6.22. The van der Waals surface area contributed by atoms with Gasteiger partial charge in [-0.15, -0.1) is 0 Å². The Kier molecular flexibility index (Phi) is 4.10. The molecule has 0 N–H and O–H groups in total. The van der Waals surface area contributed by atoms with Gasteiger partial charge in [0.1, 0.15) is 0 Å². The van der Waals surface area contributed by atoms with Crippen LogP contribution in [0.5, 0.6) is 0 Å². The number of carbonyl (C=O) groups is 1. The fourth-order valence-corrected chi connectivity index (χ4v) is 2.96.